The van der Waals surface area contributed by atoms with Crippen LogP contribution < -0.4 is 5.32 Å². The third-order valence-corrected chi connectivity index (χ3v) is 4.56. The lowest BCUT2D eigenvalue weighted by molar-refractivity contribution is 0.880. The molecule has 0 radical (unpaired) electrons. The van der Waals surface area contributed by atoms with E-state index in [2.05, 4.69) is 75.8 Å². The van der Waals surface area contributed by atoms with Crippen LogP contribution in [0.1, 0.15) is 24.1 Å². The molecule has 20 heavy (non-hydrogen) atoms. The number of aromatic nitrogens is 1. The zero-order chi connectivity index (χ0) is 14.1. The van der Waals surface area contributed by atoms with Crippen molar-refractivity contribution in [1.29, 1.82) is 0 Å². The maximum absolute atomic E-state index is 4.50. The van der Waals surface area contributed by atoms with Crippen LogP contribution in [0.2, 0.25) is 0 Å². The first-order valence-corrected chi connectivity index (χ1v) is 8.16. The van der Waals surface area contributed by atoms with E-state index in [1.54, 1.807) is 11.3 Å². The predicted molar refractivity (Wildman–Crippen MR) is 90.5 cm³/mol. The number of benzene rings is 1. The molecule has 2 nitrogen and oxygen atoms in total. The molecule has 3 aromatic rings. The Morgan fingerprint density at radius 1 is 1.25 bits per heavy atom. The number of fused-ring (bicyclic) bond motifs is 1. The Bertz CT molecular complexity index is 731. The van der Waals surface area contributed by atoms with E-state index < -0.39 is 0 Å². The Kier molecular flexibility index (Phi) is 3.76. The van der Waals surface area contributed by atoms with Gasteiger partial charge in [-0.25, -0.2) is 0 Å². The Morgan fingerprint density at radius 3 is 2.90 bits per heavy atom. The molecular weight excluding hydrogens is 332 g/mol. The molecule has 2 aromatic heterocycles. The van der Waals surface area contributed by atoms with Gasteiger partial charge >= 0.3 is 0 Å². The molecule has 0 aliphatic carbocycles. The highest BCUT2D eigenvalue weighted by Gasteiger charge is 2.08. The highest BCUT2D eigenvalue weighted by Crippen LogP contribution is 2.26. The van der Waals surface area contributed by atoms with Gasteiger partial charge < -0.3 is 5.32 Å². The van der Waals surface area contributed by atoms with Crippen LogP contribution in [-0.4, -0.2) is 4.98 Å². The van der Waals surface area contributed by atoms with E-state index in [1.165, 1.54) is 15.8 Å². The molecule has 2 heterocycles. The molecule has 0 aliphatic rings. The summed E-state index contributed by atoms with van der Waals surface area (Å²) < 4.78 is 2.33. The van der Waals surface area contributed by atoms with Crippen LogP contribution in [0, 0.1) is 6.92 Å². The van der Waals surface area contributed by atoms with Gasteiger partial charge in [0.2, 0.25) is 0 Å². The molecule has 0 amide bonds. The molecule has 0 saturated carbocycles. The quantitative estimate of drug-likeness (QED) is 0.673. The number of nitrogens with zero attached hydrogens (tertiary/aromatic N) is 1. The van der Waals surface area contributed by atoms with Crippen molar-refractivity contribution in [1.82, 2.24) is 4.98 Å². The Labute approximate surface area is 131 Å². The van der Waals surface area contributed by atoms with E-state index in [4.69, 9.17) is 0 Å². The fourth-order valence-electron chi connectivity index (χ4n) is 2.25. The zero-order valence-electron chi connectivity index (χ0n) is 11.4. The van der Waals surface area contributed by atoms with Crippen LogP contribution in [0.4, 0.5) is 5.69 Å². The third-order valence-electron chi connectivity index (χ3n) is 3.25. The second-order valence-corrected chi connectivity index (χ2v) is 6.82. The molecule has 0 aliphatic heterocycles. The maximum Gasteiger partial charge on any atom is 0.0809 e. The summed E-state index contributed by atoms with van der Waals surface area (Å²) in [5.41, 5.74) is 4.64. The molecule has 1 N–H and O–H groups in total. The summed E-state index contributed by atoms with van der Waals surface area (Å²) in [5, 5.41) is 5.61. The number of anilines is 1. The molecule has 0 spiro atoms. The summed E-state index contributed by atoms with van der Waals surface area (Å²) in [4.78, 5) is 4.50. The highest BCUT2D eigenvalue weighted by molar-refractivity contribution is 9.10. The molecule has 0 bridgehead atoms. The van der Waals surface area contributed by atoms with Crippen LogP contribution in [-0.2, 0) is 0 Å². The normalized spacial score (nSPS) is 12.6. The van der Waals surface area contributed by atoms with Crippen molar-refractivity contribution in [2.24, 2.45) is 0 Å². The smallest absolute Gasteiger partial charge is 0.0809 e. The molecule has 1 aromatic carbocycles. The van der Waals surface area contributed by atoms with E-state index in [-0.39, 0.29) is 6.04 Å². The number of nitrogens with one attached hydrogen (secondary N) is 1. The van der Waals surface area contributed by atoms with Crippen molar-refractivity contribution >= 4 is 43.2 Å². The van der Waals surface area contributed by atoms with Crippen molar-refractivity contribution < 1.29 is 0 Å². The van der Waals surface area contributed by atoms with Gasteiger partial charge in [0.05, 0.1) is 16.3 Å². The zero-order valence-corrected chi connectivity index (χ0v) is 13.8. The van der Waals surface area contributed by atoms with E-state index in [1.807, 2.05) is 6.20 Å². The Balaban J connectivity index is 1.86. The summed E-state index contributed by atoms with van der Waals surface area (Å²) in [5.74, 6) is 0. The minimum Gasteiger partial charge on any atom is -0.378 e. The van der Waals surface area contributed by atoms with Crippen LogP contribution >= 0.6 is 27.3 Å². The first-order valence-electron chi connectivity index (χ1n) is 6.49. The van der Waals surface area contributed by atoms with Crippen molar-refractivity contribution in [3.63, 3.8) is 0 Å². The molecule has 102 valence electrons. The summed E-state index contributed by atoms with van der Waals surface area (Å²) >= 11 is 5.27. The van der Waals surface area contributed by atoms with E-state index in [9.17, 15) is 0 Å². The monoisotopic (exact) mass is 346 g/mol. The Hall–Kier alpha value is -1.39. The van der Waals surface area contributed by atoms with Gasteiger partial charge in [0.1, 0.15) is 0 Å². The van der Waals surface area contributed by atoms with Gasteiger partial charge in [-0.15, -0.1) is 11.3 Å². The Morgan fingerprint density at radius 2 is 2.10 bits per heavy atom. The largest absolute Gasteiger partial charge is 0.378 e. The molecular formula is C16H15BrN2S. The fourth-order valence-corrected chi connectivity index (χ4v) is 3.65. The van der Waals surface area contributed by atoms with Gasteiger partial charge in [-0.2, -0.15) is 0 Å². The summed E-state index contributed by atoms with van der Waals surface area (Å²) in [7, 11) is 0. The number of pyridine rings is 1. The average Bonchev–Trinajstić information content (AvgIpc) is 2.84. The van der Waals surface area contributed by atoms with Crippen molar-refractivity contribution in [2.45, 2.75) is 19.9 Å². The van der Waals surface area contributed by atoms with Crippen LogP contribution in [0.15, 0.2) is 46.4 Å². The lowest BCUT2D eigenvalue weighted by Gasteiger charge is -2.16. The minimum atomic E-state index is 0.225. The molecule has 1 atom stereocenters. The number of hydrogen-bond donors (Lipinski definition) is 1. The lowest BCUT2D eigenvalue weighted by Crippen LogP contribution is -2.07. The summed E-state index contributed by atoms with van der Waals surface area (Å²) in [6.07, 6.45) is 1.96. The summed E-state index contributed by atoms with van der Waals surface area (Å²) in [6.45, 7) is 4.26. The standard InChI is InChI=1S/C16H15BrN2S/c1-10-5-13(17)8-14(6-10)19-11(2)12-7-16-15(18-9-12)3-4-20-16/h3-9,11,19H,1-2H3. The first kappa shape index (κ1) is 13.6. The van der Waals surface area contributed by atoms with Gasteiger partial charge in [-0.05, 0) is 60.7 Å². The van der Waals surface area contributed by atoms with Crippen LogP contribution in [0.3, 0.4) is 0 Å². The van der Waals surface area contributed by atoms with E-state index in [0.29, 0.717) is 0 Å². The molecule has 0 saturated heterocycles. The van der Waals surface area contributed by atoms with Crippen LogP contribution in [0.5, 0.6) is 0 Å². The van der Waals surface area contributed by atoms with Crippen molar-refractivity contribution in [2.75, 3.05) is 5.32 Å². The second-order valence-electron chi connectivity index (χ2n) is 4.96. The number of aryl methyl sites for hydroxylation is 1. The van der Waals surface area contributed by atoms with Gasteiger partial charge in [-0.3, -0.25) is 4.98 Å². The number of hydrogen-bond acceptors (Lipinski definition) is 3. The van der Waals surface area contributed by atoms with Crippen LogP contribution in [0.25, 0.3) is 10.2 Å². The van der Waals surface area contributed by atoms with E-state index in [0.717, 1.165) is 15.7 Å². The fraction of sp³-hybridized carbons (Fsp3) is 0.188. The summed E-state index contributed by atoms with van der Waals surface area (Å²) in [6, 6.07) is 10.9. The second kappa shape index (κ2) is 5.54. The topological polar surface area (TPSA) is 24.9 Å². The van der Waals surface area contributed by atoms with E-state index >= 15 is 0 Å². The number of halogens is 1. The maximum atomic E-state index is 4.50. The number of rotatable bonds is 3. The third kappa shape index (κ3) is 2.86. The molecule has 0 fully saturated rings. The van der Waals surface area contributed by atoms with Crippen molar-refractivity contribution in [3.05, 3.63) is 57.5 Å². The van der Waals surface area contributed by atoms with Crippen molar-refractivity contribution in [3.8, 4) is 0 Å². The van der Waals surface area contributed by atoms with Gasteiger partial charge in [0.25, 0.3) is 0 Å². The molecule has 1 unspecified atom stereocenters. The first-order chi connectivity index (χ1) is 9.61. The van der Waals surface area contributed by atoms with Gasteiger partial charge in [-0.1, -0.05) is 15.9 Å². The SMILES string of the molecule is Cc1cc(Br)cc(NC(C)c2cnc3ccsc3c2)c1. The minimum absolute atomic E-state index is 0.225. The molecule has 4 heteroatoms. The number of thiophene rings is 1. The van der Waals surface area contributed by atoms with Gasteiger partial charge in [0, 0.05) is 16.4 Å². The predicted octanol–water partition coefficient (Wildman–Crippen LogP) is 5.54. The van der Waals surface area contributed by atoms with Gasteiger partial charge in [0.15, 0.2) is 0 Å². The lowest BCUT2D eigenvalue weighted by atomic mass is 10.1. The highest BCUT2D eigenvalue weighted by atomic mass is 79.9. The molecule has 3 rings (SSSR count). The average molecular weight is 347 g/mol.